The maximum absolute atomic E-state index is 11.9. The van der Waals surface area contributed by atoms with E-state index in [2.05, 4.69) is 21.9 Å². The first kappa shape index (κ1) is 15.7. The normalized spacial score (nSPS) is 23.0. The molecule has 0 saturated carbocycles. The van der Waals surface area contributed by atoms with Crippen molar-refractivity contribution in [1.29, 1.82) is 0 Å². The highest BCUT2D eigenvalue weighted by molar-refractivity contribution is 4.76. The van der Waals surface area contributed by atoms with Gasteiger partial charge in [-0.15, -0.1) is 0 Å². The monoisotopic (exact) mass is 268 g/mol. The van der Waals surface area contributed by atoms with E-state index in [1.807, 2.05) is 0 Å². The van der Waals surface area contributed by atoms with Crippen LogP contribution >= 0.6 is 0 Å². The number of nitrogens with one attached hydrogen (secondary N) is 1. The van der Waals surface area contributed by atoms with Gasteiger partial charge in [0.1, 0.15) is 6.61 Å². The lowest BCUT2D eigenvalue weighted by atomic mass is 10.1. The van der Waals surface area contributed by atoms with Crippen molar-refractivity contribution in [1.82, 2.24) is 10.2 Å². The smallest absolute Gasteiger partial charge is 0.371 e. The molecule has 1 unspecified atom stereocenters. The van der Waals surface area contributed by atoms with Crippen LogP contribution in [0.1, 0.15) is 26.2 Å². The summed E-state index contributed by atoms with van der Waals surface area (Å²) in [5, 5.41) is 3.46. The van der Waals surface area contributed by atoms with E-state index in [-0.39, 0.29) is 6.61 Å². The summed E-state index contributed by atoms with van der Waals surface area (Å²) >= 11 is 0. The summed E-state index contributed by atoms with van der Waals surface area (Å²) in [7, 11) is 0. The Balaban J connectivity index is 2.19. The Morgan fingerprint density at radius 2 is 2.17 bits per heavy atom. The molecule has 3 nitrogen and oxygen atoms in total. The summed E-state index contributed by atoms with van der Waals surface area (Å²) < 4.78 is 40.3. The fourth-order valence-electron chi connectivity index (χ4n) is 2.20. The molecular formula is C12H23F3N2O. The van der Waals surface area contributed by atoms with Crippen molar-refractivity contribution < 1.29 is 17.9 Å². The number of rotatable bonds is 6. The van der Waals surface area contributed by atoms with Gasteiger partial charge in [-0.05, 0) is 25.9 Å². The van der Waals surface area contributed by atoms with Crippen LogP contribution in [0.15, 0.2) is 0 Å². The standard InChI is InChI=1S/C12H23F3N2O/c1-2-4-11-9-17(6-3-5-16-11)7-8-18-10-12(13,14)15/h11,16H,2-10H2,1H3. The van der Waals surface area contributed by atoms with Crippen LogP contribution < -0.4 is 5.32 Å². The summed E-state index contributed by atoms with van der Waals surface area (Å²) in [6.07, 6.45) is -0.944. The first-order valence-electron chi connectivity index (χ1n) is 6.61. The van der Waals surface area contributed by atoms with E-state index in [0.29, 0.717) is 12.6 Å². The van der Waals surface area contributed by atoms with E-state index in [0.717, 1.165) is 38.9 Å². The summed E-state index contributed by atoms with van der Waals surface area (Å²) in [5.41, 5.74) is 0. The van der Waals surface area contributed by atoms with Crippen LogP contribution in [0.3, 0.4) is 0 Å². The minimum absolute atomic E-state index is 0.151. The predicted molar refractivity (Wildman–Crippen MR) is 64.6 cm³/mol. The minimum atomic E-state index is -4.22. The number of hydrogen-bond donors (Lipinski definition) is 1. The van der Waals surface area contributed by atoms with E-state index in [1.165, 1.54) is 0 Å². The van der Waals surface area contributed by atoms with E-state index >= 15 is 0 Å². The van der Waals surface area contributed by atoms with Gasteiger partial charge in [-0.1, -0.05) is 13.3 Å². The Kier molecular flexibility index (Phi) is 6.96. The van der Waals surface area contributed by atoms with Gasteiger partial charge in [-0.2, -0.15) is 13.2 Å². The number of halogens is 3. The molecule has 108 valence electrons. The maximum atomic E-state index is 11.9. The van der Waals surface area contributed by atoms with E-state index in [1.54, 1.807) is 0 Å². The molecule has 0 aromatic carbocycles. The highest BCUT2D eigenvalue weighted by Gasteiger charge is 2.27. The van der Waals surface area contributed by atoms with Crippen LogP contribution in [0.25, 0.3) is 0 Å². The highest BCUT2D eigenvalue weighted by atomic mass is 19.4. The van der Waals surface area contributed by atoms with Gasteiger partial charge >= 0.3 is 6.18 Å². The Hall–Kier alpha value is -0.330. The minimum Gasteiger partial charge on any atom is -0.371 e. The molecule has 6 heteroatoms. The third-order valence-electron chi connectivity index (χ3n) is 3.02. The molecule has 0 aromatic heterocycles. The molecule has 0 aromatic rings. The van der Waals surface area contributed by atoms with Crippen LogP contribution in [0, 0.1) is 0 Å². The second-order valence-electron chi connectivity index (χ2n) is 4.76. The lowest BCUT2D eigenvalue weighted by molar-refractivity contribution is -0.174. The SMILES string of the molecule is CCCC1CN(CCOCC(F)(F)F)CCCN1. The van der Waals surface area contributed by atoms with Crippen molar-refractivity contribution in [2.75, 3.05) is 39.4 Å². The fraction of sp³-hybridized carbons (Fsp3) is 1.00. The fourth-order valence-corrected chi connectivity index (χ4v) is 2.20. The average Bonchev–Trinajstić information content (AvgIpc) is 2.49. The van der Waals surface area contributed by atoms with Crippen LogP contribution in [-0.4, -0.2) is 56.5 Å². The lowest BCUT2D eigenvalue weighted by Crippen LogP contribution is -2.39. The molecule has 1 heterocycles. The van der Waals surface area contributed by atoms with Crippen LogP contribution in [0.5, 0.6) is 0 Å². The van der Waals surface area contributed by atoms with Crippen molar-refractivity contribution >= 4 is 0 Å². The first-order chi connectivity index (χ1) is 8.51. The van der Waals surface area contributed by atoms with Crippen LogP contribution in [-0.2, 0) is 4.74 Å². The van der Waals surface area contributed by atoms with Gasteiger partial charge in [0, 0.05) is 19.1 Å². The molecule has 1 aliphatic rings. The Bertz CT molecular complexity index is 224. The van der Waals surface area contributed by atoms with Crippen molar-refractivity contribution in [3.05, 3.63) is 0 Å². The lowest BCUT2D eigenvalue weighted by Gasteiger charge is -2.24. The Labute approximate surface area is 107 Å². The van der Waals surface area contributed by atoms with E-state index in [9.17, 15) is 13.2 Å². The molecule has 1 N–H and O–H groups in total. The summed E-state index contributed by atoms with van der Waals surface area (Å²) in [4.78, 5) is 2.19. The molecule has 1 atom stereocenters. The molecular weight excluding hydrogens is 245 g/mol. The number of hydrogen-bond acceptors (Lipinski definition) is 3. The van der Waals surface area contributed by atoms with Crippen molar-refractivity contribution in [2.24, 2.45) is 0 Å². The summed E-state index contributed by atoms with van der Waals surface area (Å²) in [6.45, 7) is 4.56. The Morgan fingerprint density at radius 1 is 1.39 bits per heavy atom. The number of nitrogens with zero attached hydrogens (tertiary/aromatic N) is 1. The zero-order valence-electron chi connectivity index (χ0n) is 10.9. The second kappa shape index (κ2) is 7.96. The first-order valence-corrected chi connectivity index (χ1v) is 6.61. The van der Waals surface area contributed by atoms with Gasteiger partial charge in [0.2, 0.25) is 0 Å². The number of ether oxygens (including phenoxy) is 1. The molecule has 0 bridgehead atoms. The number of alkyl halides is 3. The molecule has 1 aliphatic heterocycles. The van der Waals surface area contributed by atoms with E-state index in [4.69, 9.17) is 0 Å². The van der Waals surface area contributed by atoms with Crippen LogP contribution in [0.4, 0.5) is 13.2 Å². The molecule has 1 fully saturated rings. The van der Waals surface area contributed by atoms with Crippen molar-refractivity contribution in [3.8, 4) is 0 Å². The summed E-state index contributed by atoms with van der Waals surface area (Å²) in [5.74, 6) is 0. The van der Waals surface area contributed by atoms with Crippen molar-refractivity contribution in [3.63, 3.8) is 0 Å². The molecule has 0 amide bonds. The van der Waals surface area contributed by atoms with Crippen molar-refractivity contribution in [2.45, 2.75) is 38.4 Å². The average molecular weight is 268 g/mol. The van der Waals surface area contributed by atoms with Crippen LogP contribution in [0.2, 0.25) is 0 Å². The van der Waals surface area contributed by atoms with Gasteiger partial charge in [-0.3, -0.25) is 4.90 Å². The highest BCUT2D eigenvalue weighted by Crippen LogP contribution is 2.14. The quantitative estimate of drug-likeness (QED) is 0.746. The van der Waals surface area contributed by atoms with Gasteiger partial charge in [0.25, 0.3) is 0 Å². The zero-order chi connectivity index (χ0) is 13.4. The largest absolute Gasteiger partial charge is 0.411 e. The third kappa shape index (κ3) is 7.18. The third-order valence-corrected chi connectivity index (χ3v) is 3.02. The second-order valence-corrected chi connectivity index (χ2v) is 4.76. The zero-order valence-corrected chi connectivity index (χ0v) is 10.9. The van der Waals surface area contributed by atoms with Gasteiger partial charge in [-0.25, -0.2) is 0 Å². The molecule has 0 aliphatic carbocycles. The summed E-state index contributed by atoms with van der Waals surface area (Å²) in [6, 6.07) is 0.458. The maximum Gasteiger partial charge on any atom is 0.411 e. The van der Waals surface area contributed by atoms with Gasteiger partial charge < -0.3 is 10.1 Å². The molecule has 18 heavy (non-hydrogen) atoms. The Morgan fingerprint density at radius 3 is 2.83 bits per heavy atom. The predicted octanol–water partition coefficient (Wildman–Crippen LogP) is 2.03. The molecule has 1 saturated heterocycles. The molecule has 1 rings (SSSR count). The van der Waals surface area contributed by atoms with Gasteiger partial charge in [0.15, 0.2) is 0 Å². The molecule has 0 spiro atoms. The van der Waals surface area contributed by atoms with E-state index < -0.39 is 12.8 Å². The van der Waals surface area contributed by atoms with Gasteiger partial charge in [0.05, 0.1) is 6.61 Å². The molecule has 0 radical (unpaired) electrons. The topological polar surface area (TPSA) is 24.5 Å².